The molecule has 5 rings (SSSR count). The third-order valence-electron chi connectivity index (χ3n) is 5.05. The molecule has 164 valence electrons. The molecule has 1 aromatic carbocycles. The lowest BCUT2D eigenvalue weighted by Crippen LogP contribution is -2.43. The summed E-state index contributed by atoms with van der Waals surface area (Å²) in [5.74, 6) is 0.777. The Kier molecular flexibility index (Phi) is 5.50. The zero-order chi connectivity index (χ0) is 21.9. The number of hydrogen-bond acceptors (Lipinski definition) is 9. The molecule has 10 nitrogen and oxygen atoms in total. The Bertz CT molecular complexity index is 1170. The Morgan fingerprint density at radius 2 is 1.75 bits per heavy atom. The van der Waals surface area contributed by atoms with Gasteiger partial charge in [-0.25, -0.2) is 4.98 Å². The molecule has 1 aliphatic heterocycles. The Morgan fingerprint density at radius 3 is 2.44 bits per heavy atom. The number of pyridine rings is 1. The molecule has 0 spiro atoms. The van der Waals surface area contributed by atoms with Crippen molar-refractivity contribution in [2.45, 2.75) is 13.0 Å². The molecule has 0 bridgehead atoms. The number of aromatic nitrogens is 7. The lowest BCUT2D eigenvalue weighted by molar-refractivity contribution is 0.116. The second-order valence-electron chi connectivity index (χ2n) is 7.23. The van der Waals surface area contributed by atoms with Gasteiger partial charge in [0.25, 0.3) is 5.89 Å². The molecule has 1 saturated heterocycles. The molecule has 1 N–H and O–H groups in total. The van der Waals surface area contributed by atoms with E-state index in [1.54, 1.807) is 18.3 Å². The number of rotatable bonds is 6. The molecular formula is C20H19F2N9O. The monoisotopic (exact) mass is 439 g/mol. The molecule has 12 heteroatoms. The highest BCUT2D eigenvalue weighted by molar-refractivity contribution is 5.56. The minimum Gasteiger partial charge on any atom is -0.415 e. The van der Waals surface area contributed by atoms with Gasteiger partial charge in [-0.15, -0.1) is 20.4 Å². The van der Waals surface area contributed by atoms with Crippen LogP contribution in [0, 0.1) is 0 Å². The normalized spacial score (nSPS) is 14.3. The highest BCUT2D eigenvalue weighted by Crippen LogP contribution is 2.23. The Labute approximate surface area is 181 Å². The van der Waals surface area contributed by atoms with Crippen LogP contribution < -0.4 is 10.2 Å². The third kappa shape index (κ3) is 4.30. The molecule has 1 aliphatic rings. The maximum Gasteiger partial charge on any atom is 0.314 e. The van der Waals surface area contributed by atoms with Gasteiger partial charge in [-0.1, -0.05) is 12.1 Å². The maximum atomic E-state index is 12.6. The largest absolute Gasteiger partial charge is 0.415 e. The topological polar surface area (TPSA) is 111 Å². The predicted octanol–water partition coefficient (Wildman–Crippen LogP) is 2.18. The molecule has 0 saturated carbocycles. The minimum absolute atomic E-state index is 0.0461. The summed E-state index contributed by atoms with van der Waals surface area (Å²) < 4.78 is 30.2. The molecule has 0 aliphatic carbocycles. The highest BCUT2D eigenvalue weighted by atomic mass is 19.3. The lowest BCUT2D eigenvalue weighted by atomic mass is 10.1. The highest BCUT2D eigenvalue weighted by Gasteiger charge is 2.17. The van der Waals surface area contributed by atoms with Crippen molar-refractivity contribution in [3.05, 3.63) is 54.0 Å². The van der Waals surface area contributed by atoms with Gasteiger partial charge in [0.1, 0.15) is 5.82 Å². The van der Waals surface area contributed by atoms with E-state index in [2.05, 4.69) is 40.8 Å². The molecule has 0 unspecified atom stereocenters. The number of tetrazole rings is 1. The lowest BCUT2D eigenvalue weighted by Gasteiger charge is -2.28. The van der Waals surface area contributed by atoms with Crippen LogP contribution in [-0.2, 0) is 6.54 Å². The fourth-order valence-corrected chi connectivity index (χ4v) is 3.38. The molecule has 0 amide bonds. The minimum atomic E-state index is -2.79. The van der Waals surface area contributed by atoms with Crippen LogP contribution in [0.1, 0.15) is 17.9 Å². The van der Waals surface area contributed by atoms with Crippen molar-refractivity contribution < 1.29 is 13.2 Å². The van der Waals surface area contributed by atoms with Gasteiger partial charge >= 0.3 is 6.43 Å². The fraction of sp³-hybridized carbons (Fsp3) is 0.300. The fourth-order valence-electron chi connectivity index (χ4n) is 3.38. The predicted molar refractivity (Wildman–Crippen MR) is 110 cm³/mol. The molecule has 3 aromatic heterocycles. The van der Waals surface area contributed by atoms with Gasteiger partial charge < -0.3 is 14.6 Å². The second-order valence-corrected chi connectivity index (χ2v) is 7.23. The molecule has 4 heterocycles. The van der Waals surface area contributed by atoms with Gasteiger partial charge in [-0.3, -0.25) is 0 Å². The first-order chi connectivity index (χ1) is 15.7. The quantitative estimate of drug-likeness (QED) is 0.483. The molecule has 0 radical (unpaired) electrons. The van der Waals surface area contributed by atoms with Crippen LogP contribution in [0.4, 0.5) is 14.6 Å². The van der Waals surface area contributed by atoms with Gasteiger partial charge in [0.05, 0.1) is 6.54 Å². The number of anilines is 1. The summed E-state index contributed by atoms with van der Waals surface area (Å²) in [5.41, 5.74) is 2.24. The first-order valence-electron chi connectivity index (χ1n) is 10.1. The van der Waals surface area contributed by atoms with Crippen molar-refractivity contribution in [3.63, 3.8) is 0 Å². The maximum absolute atomic E-state index is 12.6. The molecule has 4 aromatic rings. The SMILES string of the molecule is FC(F)c1nnc(-c2ccc(Cn3nnc(-c4ccc(N5CCNCC5)nc4)n3)cc2)o1. The summed E-state index contributed by atoms with van der Waals surface area (Å²) in [6.07, 6.45) is -1.04. The number of halogens is 2. The molecule has 32 heavy (non-hydrogen) atoms. The van der Waals surface area contributed by atoms with Crippen LogP contribution in [0.5, 0.6) is 0 Å². The number of nitrogens with zero attached hydrogens (tertiary/aromatic N) is 8. The van der Waals surface area contributed by atoms with Crippen molar-refractivity contribution in [2.75, 3.05) is 31.1 Å². The van der Waals surface area contributed by atoms with Crippen molar-refractivity contribution in [2.24, 2.45) is 0 Å². The van der Waals surface area contributed by atoms with Crippen molar-refractivity contribution in [1.82, 2.24) is 40.7 Å². The van der Waals surface area contributed by atoms with E-state index in [-0.39, 0.29) is 5.89 Å². The summed E-state index contributed by atoms with van der Waals surface area (Å²) in [6, 6.07) is 11.0. The first-order valence-corrected chi connectivity index (χ1v) is 10.1. The standard InChI is InChI=1S/C20H19F2N9O/c21-17(22)20-27-26-19(32-20)14-3-1-13(2-4-14)12-31-28-18(25-29-31)15-5-6-16(24-11-15)30-9-7-23-8-10-30/h1-6,11,17,23H,7-10,12H2. The zero-order valence-electron chi connectivity index (χ0n) is 16.9. The zero-order valence-corrected chi connectivity index (χ0v) is 16.9. The van der Waals surface area contributed by atoms with E-state index >= 15 is 0 Å². The Hall–Kier alpha value is -3.80. The van der Waals surface area contributed by atoms with E-state index in [0.29, 0.717) is 17.9 Å². The van der Waals surface area contributed by atoms with Gasteiger partial charge in [-0.2, -0.15) is 13.6 Å². The Balaban J connectivity index is 1.25. The third-order valence-corrected chi connectivity index (χ3v) is 5.05. The van der Waals surface area contributed by atoms with E-state index < -0.39 is 12.3 Å². The molecule has 1 fully saturated rings. The van der Waals surface area contributed by atoms with Crippen LogP contribution in [0.25, 0.3) is 22.8 Å². The van der Waals surface area contributed by atoms with Gasteiger partial charge in [0, 0.05) is 43.5 Å². The summed E-state index contributed by atoms with van der Waals surface area (Å²) in [4.78, 5) is 8.25. The average molecular weight is 439 g/mol. The number of alkyl halides is 2. The van der Waals surface area contributed by atoms with E-state index in [1.165, 1.54) is 4.80 Å². The van der Waals surface area contributed by atoms with E-state index in [1.807, 2.05) is 24.3 Å². The van der Waals surface area contributed by atoms with Crippen molar-refractivity contribution >= 4 is 5.82 Å². The summed E-state index contributed by atoms with van der Waals surface area (Å²) in [5, 5.41) is 23.0. The second kappa shape index (κ2) is 8.75. The average Bonchev–Trinajstić information content (AvgIpc) is 3.51. The first kappa shape index (κ1) is 20.1. The van der Waals surface area contributed by atoms with Crippen LogP contribution in [0.2, 0.25) is 0 Å². The van der Waals surface area contributed by atoms with E-state index in [4.69, 9.17) is 4.42 Å². The van der Waals surface area contributed by atoms with Gasteiger partial charge in [0.2, 0.25) is 11.7 Å². The summed E-state index contributed by atoms with van der Waals surface area (Å²) in [6.45, 7) is 4.16. The summed E-state index contributed by atoms with van der Waals surface area (Å²) >= 11 is 0. The van der Waals surface area contributed by atoms with Gasteiger partial charge in [0.15, 0.2) is 0 Å². The van der Waals surface area contributed by atoms with Crippen LogP contribution in [-0.4, -0.2) is 61.6 Å². The number of benzene rings is 1. The van der Waals surface area contributed by atoms with Crippen LogP contribution in [0.15, 0.2) is 47.0 Å². The van der Waals surface area contributed by atoms with Gasteiger partial charge in [-0.05, 0) is 35.0 Å². The molecular weight excluding hydrogens is 420 g/mol. The Morgan fingerprint density at radius 1 is 0.969 bits per heavy atom. The van der Waals surface area contributed by atoms with Crippen molar-refractivity contribution in [1.29, 1.82) is 0 Å². The number of hydrogen-bond donors (Lipinski definition) is 1. The number of piperazine rings is 1. The van der Waals surface area contributed by atoms with Crippen molar-refractivity contribution in [3.8, 4) is 22.8 Å². The number of nitrogens with one attached hydrogen (secondary N) is 1. The van der Waals surface area contributed by atoms with E-state index in [0.717, 1.165) is 43.1 Å². The van der Waals surface area contributed by atoms with Crippen LogP contribution >= 0.6 is 0 Å². The molecule has 0 atom stereocenters. The smallest absolute Gasteiger partial charge is 0.314 e. The van der Waals surface area contributed by atoms with Crippen LogP contribution in [0.3, 0.4) is 0 Å². The summed E-state index contributed by atoms with van der Waals surface area (Å²) in [7, 11) is 0. The van der Waals surface area contributed by atoms with E-state index in [9.17, 15) is 8.78 Å².